The molecule has 1 aliphatic rings. The molecule has 4 rings (SSSR count). The summed E-state index contributed by atoms with van der Waals surface area (Å²) in [7, 11) is 0. The maximum Gasteiger partial charge on any atom is 0.129 e. The highest BCUT2D eigenvalue weighted by Crippen LogP contribution is 2.39. The first-order chi connectivity index (χ1) is 9.92. The van der Waals surface area contributed by atoms with Crippen molar-refractivity contribution in [3.05, 3.63) is 66.4 Å². The van der Waals surface area contributed by atoms with Gasteiger partial charge in [-0.25, -0.2) is 0 Å². The third kappa shape index (κ3) is 2.07. The number of fused-ring (bicyclic) bond motifs is 1. The smallest absolute Gasteiger partial charge is 0.129 e. The molecule has 100 valence electrons. The molecule has 2 heteroatoms. The number of hydrogen-bond acceptors (Lipinski definition) is 1. The molecule has 0 aliphatic heterocycles. The number of rotatable bonds is 4. The van der Waals surface area contributed by atoms with Gasteiger partial charge in [0.15, 0.2) is 0 Å². The van der Waals surface area contributed by atoms with Crippen LogP contribution in [0.15, 0.2) is 60.8 Å². The monoisotopic (exact) mass is 263 g/mol. The molecular weight excluding hydrogens is 246 g/mol. The normalized spacial score (nSPS) is 14.6. The lowest BCUT2D eigenvalue weighted by atomic mass is 10.2. The average Bonchev–Trinajstić information content (AvgIpc) is 3.25. The van der Waals surface area contributed by atoms with Gasteiger partial charge in [0.25, 0.3) is 0 Å². The van der Waals surface area contributed by atoms with Crippen LogP contribution in [0.5, 0.6) is 5.75 Å². The molecule has 0 radical (unpaired) electrons. The van der Waals surface area contributed by atoms with E-state index in [1.807, 2.05) is 18.2 Å². The first-order valence-electron chi connectivity index (χ1n) is 7.18. The zero-order valence-corrected chi connectivity index (χ0v) is 11.3. The van der Waals surface area contributed by atoms with Crippen LogP contribution in [0.1, 0.15) is 24.4 Å². The molecule has 3 aromatic rings. The lowest BCUT2D eigenvalue weighted by Gasteiger charge is -2.08. The largest absolute Gasteiger partial charge is 0.488 e. The Morgan fingerprint density at radius 3 is 2.60 bits per heavy atom. The second-order valence-corrected chi connectivity index (χ2v) is 5.42. The quantitative estimate of drug-likeness (QED) is 0.673. The third-order valence-corrected chi connectivity index (χ3v) is 3.90. The fourth-order valence-electron chi connectivity index (χ4n) is 2.69. The molecule has 2 nitrogen and oxygen atoms in total. The zero-order chi connectivity index (χ0) is 13.4. The number of benzene rings is 2. The van der Waals surface area contributed by atoms with E-state index in [-0.39, 0.29) is 0 Å². The molecule has 1 aromatic heterocycles. The summed E-state index contributed by atoms with van der Waals surface area (Å²) in [6.07, 6.45) is 4.80. The minimum Gasteiger partial charge on any atom is -0.488 e. The topological polar surface area (TPSA) is 14.2 Å². The fraction of sp³-hybridized carbons (Fsp3) is 0.222. The van der Waals surface area contributed by atoms with Crippen LogP contribution in [0, 0.1) is 0 Å². The molecule has 0 N–H and O–H groups in total. The SMILES string of the molecule is c1ccc(COc2cccc3c2ccn3C2CC2)cc1. The van der Waals surface area contributed by atoms with Crippen LogP contribution in [0.4, 0.5) is 0 Å². The first-order valence-corrected chi connectivity index (χ1v) is 7.18. The zero-order valence-electron chi connectivity index (χ0n) is 11.3. The highest BCUT2D eigenvalue weighted by Gasteiger charge is 2.24. The van der Waals surface area contributed by atoms with Gasteiger partial charge in [-0.05, 0) is 36.6 Å². The summed E-state index contributed by atoms with van der Waals surface area (Å²) in [6, 6.07) is 19.5. The first kappa shape index (κ1) is 11.6. The van der Waals surface area contributed by atoms with E-state index in [2.05, 4.69) is 47.2 Å². The maximum atomic E-state index is 6.01. The van der Waals surface area contributed by atoms with E-state index in [9.17, 15) is 0 Å². The van der Waals surface area contributed by atoms with Crippen molar-refractivity contribution in [1.82, 2.24) is 4.57 Å². The Morgan fingerprint density at radius 2 is 1.80 bits per heavy atom. The Hall–Kier alpha value is -2.22. The fourth-order valence-corrected chi connectivity index (χ4v) is 2.69. The van der Waals surface area contributed by atoms with Gasteiger partial charge in [0.05, 0.1) is 5.52 Å². The van der Waals surface area contributed by atoms with Crippen LogP contribution in [-0.4, -0.2) is 4.57 Å². The Labute approximate surface area is 118 Å². The molecule has 20 heavy (non-hydrogen) atoms. The van der Waals surface area contributed by atoms with Gasteiger partial charge in [0.2, 0.25) is 0 Å². The standard InChI is InChI=1S/C18H17NO/c1-2-5-14(6-3-1)13-20-18-8-4-7-17-16(18)11-12-19(17)15-9-10-15/h1-8,11-12,15H,9-10,13H2. The second-order valence-electron chi connectivity index (χ2n) is 5.42. The van der Waals surface area contributed by atoms with Crippen LogP contribution < -0.4 is 4.74 Å². The van der Waals surface area contributed by atoms with Crippen LogP contribution in [-0.2, 0) is 6.61 Å². The third-order valence-electron chi connectivity index (χ3n) is 3.90. The predicted octanol–water partition coefficient (Wildman–Crippen LogP) is 4.56. The van der Waals surface area contributed by atoms with Crippen molar-refractivity contribution in [2.24, 2.45) is 0 Å². The molecule has 0 saturated heterocycles. The van der Waals surface area contributed by atoms with Gasteiger partial charge in [0.1, 0.15) is 12.4 Å². The van der Waals surface area contributed by atoms with Gasteiger partial charge >= 0.3 is 0 Å². The Balaban J connectivity index is 1.63. The van der Waals surface area contributed by atoms with Gasteiger partial charge in [0, 0.05) is 17.6 Å². The molecule has 0 unspecified atom stereocenters. The average molecular weight is 263 g/mol. The van der Waals surface area contributed by atoms with Crippen molar-refractivity contribution in [2.75, 3.05) is 0 Å². The highest BCUT2D eigenvalue weighted by molar-refractivity contribution is 5.86. The Morgan fingerprint density at radius 1 is 0.950 bits per heavy atom. The van der Waals surface area contributed by atoms with Gasteiger partial charge in [-0.1, -0.05) is 36.4 Å². The van der Waals surface area contributed by atoms with Gasteiger partial charge in [-0.15, -0.1) is 0 Å². The van der Waals surface area contributed by atoms with Gasteiger partial charge < -0.3 is 9.30 Å². The van der Waals surface area contributed by atoms with E-state index in [1.165, 1.54) is 29.3 Å². The molecule has 1 aliphatic carbocycles. The molecule has 2 aromatic carbocycles. The van der Waals surface area contributed by atoms with E-state index in [0.29, 0.717) is 12.6 Å². The van der Waals surface area contributed by atoms with E-state index in [0.717, 1.165) is 5.75 Å². The minimum atomic E-state index is 0.620. The van der Waals surface area contributed by atoms with Crippen molar-refractivity contribution in [3.8, 4) is 5.75 Å². The molecule has 1 fully saturated rings. The molecule has 0 bridgehead atoms. The van der Waals surface area contributed by atoms with Gasteiger partial charge in [-0.2, -0.15) is 0 Å². The van der Waals surface area contributed by atoms with Crippen molar-refractivity contribution < 1.29 is 4.74 Å². The van der Waals surface area contributed by atoms with Crippen LogP contribution in [0.2, 0.25) is 0 Å². The van der Waals surface area contributed by atoms with Crippen LogP contribution in [0.25, 0.3) is 10.9 Å². The summed E-state index contributed by atoms with van der Waals surface area (Å²) in [5.74, 6) is 0.978. The number of nitrogens with zero attached hydrogens (tertiary/aromatic N) is 1. The molecule has 0 atom stereocenters. The van der Waals surface area contributed by atoms with Crippen molar-refractivity contribution in [2.45, 2.75) is 25.5 Å². The Kier molecular flexibility index (Phi) is 2.73. The molecular formula is C18H17NO. The number of hydrogen-bond donors (Lipinski definition) is 0. The summed E-state index contributed by atoms with van der Waals surface area (Å²) in [4.78, 5) is 0. The van der Waals surface area contributed by atoms with Crippen LogP contribution >= 0.6 is 0 Å². The van der Waals surface area contributed by atoms with E-state index < -0.39 is 0 Å². The van der Waals surface area contributed by atoms with E-state index in [1.54, 1.807) is 0 Å². The van der Waals surface area contributed by atoms with E-state index >= 15 is 0 Å². The maximum absolute atomic E-state index is 6.01. The molecule has 1 heterocycles. The lowest BCUT2D eigenvalue weighted by molar-refractivity contribution is 0.310. The van der Waals surface area contributed by atoms with E-state index in [4.69, 9.17) is 4.74 Å². The lowest BCUT2D eigenvalue weighted by Crippen LogP contribution is -1.96. The second kappa shape index (κ2) is 4.71. The number of aromatic nitrogens is 1. The predicted molar refractivity (Wildman–Crippen MR) is 81.0 cm³/mol. The summed E-state index contributed by atoms with van der Waals surface area (Å²) in [5, 5.41) is 1.22. The van der Waals surface area contributed by atoms with Crippen molar-refractivity contribution >= 4 is 10.9 Å². The molecule has 0 amide bonds. The van der Waals surface area contributed by atoms with Crippen molar-refractivity contribution in [1.29, 1.82) is 0 Å². The summed E-state index contributed by atoms with van der Waals surface area (Å²) in [6.45, 7) is 0.620. The van der Waals surface area contributed by atoms with Crippen molar-refractivity contribution in [3.63, 3.8) is 0 Å². The molecule has 1 saturated carbocycles. The highest BCUT2D eigenvalue weighted by atomic mass is 16.5. The minimum absolute atomic E-state index is 0.620. The number of ether oxygens (including phenoxy) is 1. The Bertz CT molecular complexity index is 726. The summed E-state index contributed by atoms with van der Waals surface area (Å²) in [5.41, 5.74) is 2.49. The van der Waals surface area contributed by atoms with Gasteiger partial charge in [-0.3, -0.25) is 0 Å². The summed E-state index contributed by atoms with van der Waals surface area (Å²) >= 11 is 0. The van der Waals surface area contributed by atoms with Crippen LogP contribution in [0.3, 0.4) is 0 Å². The molecule has 0 spiro atoms. The summed E-state index contributed by atoms with van der Waals surface area (Å²) < 4.78 is 8.39.